The predicted molar refractivity (Wildman–Crippen MR) is 76.1 cm³/mol. The van der Waals surface area contributed by atoms with Crippen LogP contribution in [-0.2, 0) is 0 Å². The van der Waals surface area contributed by atoms with E-state index in [0.29, 0.717) is 5.04 Å². The highest BCUT2D eigenvalue weighted by atomic mass is 28.3. The Morgan fingerprint density at radius 3 is 2.62 bits per heavy atom. The van der Waals surface area contributed by atoms with Crippen molar-refractivity contribution in [1.82, 2.24) is 4.48 Å². The van der Waals surface area contributed by atoms with Crippen molar-refractivity contribution in [3.8, 4) is 0 Å². The lowest BCUT2D eigenvalue weighted by Gasteiger charge is -2.49. The van der Waals surface area contributed by atoms with Crippen LogP contribution in [0.4, 0.5) is 0 Å². The molecule has 0 atom stereocenters. The van der Waals surface area contributed by atoms with Crippen LogP contribution in [0.5, 0.6) is 0 Å². The number of allylic oxidation sites excluding steroid dienone is 3. The highest BCUT2D eigenvalue weighted by molar-refractivity contribution is 6.88. The van der Waals surface area contributed by atoms with Gasteiger partial charge in [0.25, 0.3) is 6.85 Å². The van der Waals surface area contributed by atoms with Gasteiger partial charge in [-0.05, 0) is 30.1 Å². The number of hydrogen-bond acceptors (Lipinski definition) is 1. The minimum atomic E-state index is -1.38. The Morgan fingerprint density at radius 1 is 1.31 bits per heavy atom. The molecule has 16 heavy (non-hydrogen) atoms. The molecular formula is C13H24BNSi. The van der Waals surface area contributed by atoms with E-state index in [1.165, 1.54) is 19.2 Å². The van der Waals surface area contributed by atoms with Gasteiger partial charge in [-0.2, -0.15) is 0 Å². The van der Waals surface area contributed by atoms with Gasteiger partial charge >= 0.3 is 0 Å². The zero-order chi connectivity index (χ0) is 12.0. The van der Waals surface area contributed by atoms with Crippen molar-refractivity contribution in [3.05, 3.63) is 23.8 Å². The normalized spacial score (nSPS) is 21.2. The first-order valence-corrected chi connectivity index (χ1v) is 9.44. The largest absolute Gasteiger partial charge is 0.444 e. The van der Waals surface area contributed by atoms with Crippen LogP contribution in [0, 0.1) is 0 Å². The second-order valence-corrected chi connectivity index (χ2v) is 11.8. The Kier molecular flexibility index (Phi) is 2.85. The second-order valence-electron chi connectivity index (χ2n) is 6.71. The summed E-state index contributed by atoms with van der Waals surface area (Å²) < 4.78 is 2.73. The van der Waals surface area contributed by atoms with Crippen molar-refractivity contribution in [3.63, 3.8) is 0 Å². The van der Waals surface area contributed by atoms with Crippen LogP contribution in [0.2, 0.25) is 24.5 Å². The van der Waals surface area contributed by atoms with Crippen molar-refractivity contribution in [2.24, 2.45) is 0 Å². The van der Waals surface area contributed by atoms with E-state index in [4.69, 9.17) is 0 Å². The fourth-order valence-corrected chi connectivity index (χ4v) is 5.00. The van der Waals surface area contributed by atoms with Gasteiger partial charge in [0.05, 0.1) is 0 Å². The van der Waals surface area contributed by atoms with Gasteiger partial charge in [0.15, 0.2) is 0 Å². The van der Waals surface area contributed by atoms with Crippen LogP contribution in [0.15, 0.2) is 23.8 Å². The summed E-state index contributed by atoms with van der Waals surface area (Å²) in [5, 5.41) is 0.433. The maximum atomic E-state index is 2.73. The van der Waals surface area contributed by atoms with E-state index in [1.54, 1.807) is 5.47 Å². The molecule has 0 spiro atoms. The molecule has 2 aliphatic heterocycles. The van der Waals surface area contributed by atoms with Crippen LogP contribution < -0.4 is 0 Å². The molecule has 0 bridgehead atoms. The van der Waals surface area contributed by atoms with Gasteiger partial charge in [0.1, 0.15) is 8.24 Å². The molecule has 2 aliphatic rings. The molecule has 0 radical (unpaired) electrons. The fourth-order valence-electron chi connectivity index (χ4n) is 2.69. The van der Waals surface area contributed by atoms with Gasteiger partial charge in [0, 0.05) is 0 Å². The third-order valence-electron chi connectivity index (χ3n) is 4.74. The van der Waals surface area contributed by atoms with Crippen molar-refractivity contribution in [2.75, 3.05) is 0 Å². The van der Waals surface area contributed by atoms with Crippen LogP contribution in [0.1, 0.15) is 33.6 Å². The highest BCUT2D eigenvalue weighted by Gasteiger charge is 2.46. The van der Waals surface area contributed by atoms with Gasteiger partial charge < -0.3 is 4.48 Å². The molecule has 0 aromatic heterocycles. The number of nitrogens with zero attached hydrogens (tertiary/aromatic N) is 1. The summed E-state index contributed by atoms with van der Waals surface area (Å²) in [5.41, 5.74) is 1.67. The van der Waals surface area contributed by atoms with E-state index >= 15 is 0 Å². The van der Waals surface area contributed by atoms with Crippen LogP contribution in [0.25, 0.3) is 0 Å². The van der Waals surface area contributed by atoms with Gasteiger partial charge in [-0.15, -0.1) is 0 Å². The third-order valence-corrected chi connectivity index (χ3v) is 10.2. The minimum Gasteiger partial charge on any atom is -0.444 e. The first kappa shape index (κ1) is 12.0. The standard InChI is InChI=1S/C13H24BNSi/c1-13(2,3)16(4,5)15-11-7-9-12-8-6-10-14(12)15/h7,9,11H,6,8,10H2,1-5H3. The lowest BCUT2D eigenvalue weighted by molar-refractivity contribution is 0.650. The average molecular weight is 233 g/mol. The summed E-state index contributed by atoms with van der Waals surface area (Å²) >= 11 is 0. The van der Waals surface area contributed by atoms with Crippen molar-refractivity contribution in [1.29, 1.82) is 0 Å². The molecule has 0 amide bonds. The van der Waals surface area contributed by atoms with Gasteiger partial charge in [0.2, 0.25) is 0 Å². The van der Waals surface area contributed by atoms with Crippen molar-refractivity contribution in [2.45, 2.75) is 58.1 Å². The van der Waals surface area contributed by atoms with Crippen LogP contribution >= 0.6 is 0 Å². The molecule has 1 fully saturated rings. The molecule has 3 heteroatoms. The van der Waals surface area contributed by atoms with Gasteiger partial charge in [-0.25, -0.2) is 0 Å². The van der Waals surface area contributed by atoms with Gasteiger partial charge in [-0.3, -0.25) is 0 Å². The lowest BCUT2D eigenvalue weighted by Crippen LogP contribution is -2.58. The molecule has 0 saturated carbocycles. The summed E-state index contributed by atoms with van der Waals surface area (Å²) in [5.74, 6) is 0. The summed E-state index contributed by atoms with van der Waals surface area (Å²) in [6.07, 6.45) is 11.0. The summed E-state index contributed by atoms with van der Waals surface area (Å²) in [4.78, 5) is 0. The van der Waals surface area contributed by atoms with Crippen molar-refractivity contribution >= 4 is 15.1 Å². The summed E-state index contributed by atoms with van der Waals surface area (Å²) in [6, 6.07) is 0. The number of hydrogen-bond donors (Lipinski definition) is 0. The summed E-state index contributed by atoms with van der Waals surface area (Å²) in [7, 11) is -1.38. The van der Waals surface area contributed by atoms with E-state index in [9.17, 15) is 0 Å². The van der Waals surface area contributed by atoms with E-state index < -0.39 is 8.24 Å². The average Bonchev–Trinajstić information content (AvgIpc) is 2.62. The van der Waals surface area contributed by atoms with Crippen LogP contribution in [0.3, 0.4) is 0 Å². The predicted octanol–water partition coefficient (Wildman–Crippen LogP) is 4.07. The molecule has 0 aromatic rings. The third kappa shape index (κ3) is 1.79. The molecule has 0 N–H and O–H groups in total. The zero-order valence-corrected chi connectivity index (χ0v) is 12.4. The Balaban J connectivity index is 2.29. The van der Waals surface area contributed by atoms with Crippen molar-refractivity contribution < 1.29 is 0 Å². The summed E-state index contributed by atoms with van der Waals surface area (Å²) in [6.45, 7) is 13.0. The molecule has 88 valence electrons. The SMILES string of the molecule is CC(C)(C)[Si](C)(C)N1C=CC=C2CCCB21. The van der Waals surface area contributed by atoms with E-state index in [-0.39, 0.29) is 0 Å². The lowest BCUT2D eigenvalue weighted by atomic mass is 9.56. The quantitative estimate of drug-likeness (QED) is 0.617. The van der Waals surface area contributed by atoms with Crippen LogP contribution in [-0.4, -0.2) is 19.6 Å². The maximum absolute atomic E-state index is 2.73. The molecule has 2 heterocycles. The molecular weight excluding hydrogens is 209 g/mol. The Bertz CT molecular complexity index is 338. The number of fused-ring (bicyclic) bond motifs is 1. The highest BCUT2D eigenvalue weighted by Crippen LogP contribution is 2.42. The number of rotatable bonds is 1. The van der Waals surface area contributed by atoms with E-state index in [1.807, 2.05) is 0 Å². The van der Waals surface area contributed by atoms with Gasteiger partial charge in [-0.1, -0.05) is 51.8 Å². The molecule has 0 aliphatic carbocycles. The Hall–Kier alpha value is -0.438. The molecule has 1 saturated heterocycles. The Labute approximate surface area is 102 Å². The smallest absolute Gasteiger partial charge is 0.275 e. The monoisotopic (exact) mass is 233 g/mol. The molecule has 0 aromatic carbocycles. The van der Waals surface area contributed by atoms with E-state index in [2.05, 4.69) is 56.7 Å². The first-order chi connectivity index (χ1) is 7.34. The van der Waals surface area contributed by atoms with E-state index in [0.717, 1.165) is 6.85 Å². The molecule has 2 rings (SSSR count). The fraction of sp³-hybridized carbons (Fsp3) is 0.692. The molecule has 0 unspecified atom stereocenters. The topological polar surface area (TPSA) is 3.24 Å². The second kappa shape index (κ2) is 3.80. The zero-order valence-electron chi connectivity index (χ0n) is 11.4. The first-order valence-electron chi connectivity index (χ1n) is 6.50. The molecule has 1 nitrogen and oxygen atoms in total. The maximum Gasteiger partial charge on any atom is 0.275 e. The Morgan fingerprint density at radius 2 is 2.00 bits per heavy atom. The minimum absolute atomic E-state index is 0.433.